The first-order valence-electron chi connectivity index (χ1n) is 23.5. The third-order valence-corrected chi connectivity index (χ3v) is 15.6. The number of aliphatic hydroxyl groups is 2. The van der Waals surface area contributed by atoms with Crippen molar-refractivity contribution in [2.45, 2.75) is 219 Å². The molecule has 0 saturated carbocycles. The molecule has 2 spiro atoms. The van der Waals surface area contributed by atoms with Gasteiger partial charge in [-0.15, -0.1) is 0 Å². The zero-order valence-corrected chi connectivity index (χ0v) is 41.5. The first kappa shape index (κ1) is 52.5. The van der Waals surface area contributed by atoms with Crippen molar-refractivity contribution in [2.75, 3.05) is 6.54 Å². The molecule has 4 saturated heterocycles. The third-order valence-electron chi connectivity index (χ3n) is 15.6. The second kappa shape index (κ2) is 21.5. The van der Waals surface area contributed by atoms with E-state index in [2.05, 4.69) is 38.3 Å². The van der Waals surface area contributed by atoms with Gasteiger partial charge >= 0.3 is 35.6 Å². The van der Waals surface area contributed by atoms with Crippen LogP contribution < -0.4 is 45.3 Å². The fourth-order valence-electron chi connectivity index (χ4n) is 11.2. The molecule has 18 atom stereocenters. The molecule has 5 aliphatic rings. The zero-order valence-electron chi connectivity index (χ0n) is 39.5. The van der Waals surface area contributed by atoms with Gasteiger partial charge in [0.25, 0.3) is 0 Å². The number of ether oxygens (including phenoxy) is 5. The number of ketones is 1. The molecule has 4 N–H and O–H groups in total. The van der Waals surface area contributed by atoms with Gasteiger partial charge in [0, 0.05) is 48.5 Å². The van der Waals surface area contributed by atoms with E-state index in [1.54, 1.807) is 6.92 Å². The summed E-state index contributed by atoms with van der Waals surface area (Å²) in [4.78, 5) is 39.8. The Morgan fingerprint density at radius 2 is 1.59 bits per heavy atom. The maximum atomic E-state index is 14.6. The summed E-state index contributed by atoms with van der Waals surface area (Å²) in [6, 6.07) is -0.975. The second-order valence-electron chi connectivity index (χ2n) is 19.7. The quantitative estimate of drug-likeness (QED) is 0.102. The molecule has 0 aromatic heterocycles. The van der Waals surface area contributed by atoms with Crippen LogP contribution in [0.15, 0.2) is 12.2 Å². The summed E-state index contributed by atoms with van der Waals surface area (Å²) in [7, 11) is 0. The van der Waals surface area contributed by atoms with Crippen LogP contribution in [-0.2, 0) is 33.3 Å². The molecule has 0 radical (unpaired) electrons. The van der Waals surface area contributed by atoms with Crippen molar-refractivity contribution in [3.8, 4) is 0 Å². The molecule has 5 aliphatic heterocycles. The van der Waals surface area contributed by atoms with Gasteiger partial charge in [0.1, 0.15) is 11.8 Å². The van der Waals surface area contributed by atoms with Gasteiger partial charge in [-0.2, -0.15) is 0 Å². The van der Waals surface area contributed by atoms with Crippen LogP contribution >= 0.6 is 0 Å². The number of carbonyl (C=O) groups is 3. The number of nitrogens with one attached hydrogen (secondary N) is 2. The van der Waals surface area contributed by atoms with Gasteiger partial charge in [0.05, 0.1) is 47.8 Å². The molecule has 13 nitrogen and oxygen atoms in total. The Bertz CT molecular complexity index is 1520. The van der Waals surface area contributed by atoms with Crippen LogP contribution in [0, 0.1) is 41.4 Å². The monoisotopic (exact) mass is 871 g/mol. The molecule has 14 heteroatoms. The number of urea groups is 1. The molecule has 5 heterocycles. The summed E-state index contributed by atoms with van der Waals surface area (Å²) in [6.45, 7) is 22.2. The van der Waals surface area contributed by atoms with Crippen molar-refractivity contribution in [2.24, 2.45) is 41.4 Å². The molecule has 0 aromatic rings. The smallest absolute Gasteiger partial charge is 0.550 e. The Hall–Kier alpha value is -1.13. The molecular formula is C47H79N2NaO11. The van der Waals surface area contributed by atoms with Crippen molar-refractivity contribution in [3.05, 3.63) is 12.2 Å². The SMILES string of the molecule is CCCCNC(=O)N[C@@H]1C=C[C@]2(O[C@H]([C@@H](CC)C(=O)[C@@H](C)[C@@H](O)[C@H](C)[C@@H]3O[C@@H]([C@@H](CC)C(=O)[O-])CC[C@@H]3C)[C@@H](C)C[C@H]2C)O[C@@]12CC[C@@](C)([C@H]1CC[C@](O)(CC)[C@H](C)O1)O2.[Na+]. The first-order chi connectivity index (χ1) is 28.2. The van der Waals surface area contributed by atoms with E-state index in [0.717, 1.165) is 19.3 Å². The minimum Gasteiger partial charge on any atom is -0.550 e. The van der Waals surface area contributed by atoms with Crippen molar-refractivity contribution in [1.82, 2.24) is 10.6 Å². The number of hydrogen-bond acceptors (Lipinski definition) is 11. The average molecular weight is 871 g/mol. The van der Waals surface area contributed by atoms with Crippen LogP contribution in [0.5, 0.6) is 0 Å². The third kappa shape index (κ3) is 10.9. The summed E-state index contributed by atoms with van der Waals surface area (Å²) in [6.07, 6.45) is 8.19. The van der Waals surface area contributed by atoms with E-state index in [4.69, 9.17) is 23.7 Å². The van der Waals surface area contributed by atoms with E-state index in [0.29, 0.717) is 64.3 Å². The summed E-state index contributed by atoms with van der Waals surface area (Å²) >= 11 is 0. The molecular weight excluding hydrogens is 792 g/mol. The Morgan fingerprint density at radius 3 is 2.20 bits per heavy atom. The normalized spacial score (nSPS) is 41.3. The van der Waals surface area contributed by atoms with E-state index < -0.39 is 82.9 Å². The van der Waals surface area contributed by atoms with E-state index in [1.807, 2.05) is 53.7 Å². The molecule has 5 rings (SSSR count). The number of aliphatic carboxylic acids is 1. The summed E-state index contributed by atoms with van der Waals surface area (Å²) in [5.41, 5.74) is -1.69. The Kier molecular flexibility index (Phi) is 18.5. The van der Waals surface area contributed by atoms with Crippen molar-refractivity contribution >= 4 is 17.8 Å². The van der Waals surface area contributed by atoms with E-state index in [9.17, 15) is 29.7 Å². The summed E-state index contributed by atoms with van der Waals surface area (Å²) in [5.74, 6) is -6.36. The predicted octanol–water partition coefficient (Wildman–Crippen LogP) is 2.96. The average Bonchev–Trinajstić information content (AvgIpc) is 3.55. The fraction of sp³-hybridized carbons (Fsp3) is 0.894. The van der Waals surface area contributed by atoms with Crippen LogP contribution in [0.3, 0.4) is 0 Å². The van der Waals surface area contributed by atoms with E-state index >= 15 is 0 Å². The van der Waals surface area contributed by atoms with E-state index in [-0.39, 0.29) is 71.3 Å². The van der Waals surface area contributed by atoms with Crippen LogP contribution in [0.25, 0.3) is 0 Å². The maximum Gasteiger partial charge on any atom is 1.00 e. The summed E-state index contributed by atoms with van der Waals surface area (Å²) < 4.78 is 34.4. The first-order valence-corrected chi connectivity index (χ1v) is 23.5. The number of carbonyl (C=O) groups excluding carboxylic acids is 3. The number of unbranched alkanes of at least 4 members (excludes halogenated alkanes) is 1. The molecule has 344 valence electrons. The minimum absolute atomic E-state index is 0. The van der Waals surface area contributed by atoms with Gasteiger partial charge in [-0.05, 0) is 96.0 Å². The molecule has 0 bridgehead atoms. The Balaban J connectivity index is 0.00000819. The number of rotatable bonds is 16. The second-order valence-corrected chi connectivity index (χ2v) is 19.7. The number of aliphatic hydroxyl groups excluding tert-OH is 1. The van der Waals surface area contributed by atoms with Gasteiger partial charge < -0.3 is 54.4 Å². The van der Waals surface area contributed by atoms with E-state index in [1.165, 1.54) is 0 Å². The Morgan fingerprint density at radius 1 is 0.902 bits per heavy atom. The Labute approximate surface area is 388 Å². The summed E-state index contributed by atoms with van der Waals surface area (Å²) in [5, 5.41) is 41.0. The zero-order chi connectivity index (χ0) is 44.4. The van der Waals surface area contributed by atoms with Gasteiger partial charge in [0.15, 0.2) is 11.6 Å². The number of carboxylic acid groups (broad SMARTS) is 1. The fourth-order valence-corrected chi connectivity index (χ4v) is 11.2. The minimum atomic E-state index is -1.32. The van der Waals surface area contributed by atoms with Gasteiger partial charge in [-0.3, -0.25) is 4.79 Å². The molecule has 2 amide bonds. The van der Waals surface area contributed by atoms with Crippen LogP contribution in [-0.4, -0.2) is 100.0 Å². The number of amides is 2. The topological polar surface area (TPSA) is 185 Å². The van der Waals surface area contributed by atoms with Crippen LogP contribution in [0.4, 0.5) is 4.79 Å². The molecule has 0 aromatic carbocycles. The maximum absolute atomic E-state index is 14.6. The number of hydrogen-bond donors (Lipinski definition) is 4. The predicted molar refractivity (Wildman–Crippen MR) is 225 cm³/mol. The van der Waals surface area contributed by atoms with Gasteiger partial charge in [-0.1, -0.05) is 74.8 Å². The van der Waals surface area contributed by atoms with Crippen LogP contribution in [0.1, 0.15) is 153 Å². The molecule has 0 aliphatic carbocycles. The molecule has 0 unspecified atom stereocenters. The van der Waals surface area contributed by atoms with Crippen molar-refractivity contribution < 1.29 is 82.9 Å². The largest absolute Gasteiger partial charge is 1.00 e. The number of Topliss-reactive ketones (excluding diaryl/α,β-unsaturated/α-hetero) is 1. The molecule has 61 heavy (non-hydrogen) atoms. The standard InChI is InChI=1S/C47H80N2O11.Na/c1-12-16-25-48-43(54)49-36-19-22-46(60-47(36)24-23-44(11,59-47)37-20-21-45(55,15-4)32(10)56-37)29(7)26-28(6)41(58-46)34(14-3)39(51)30(8)38(50)31(9)40-27(5)17-18-35(57-40)33(13-2)42(52)53;/h19,22,27-38,40-41,50,55H,12-18,20-21,23-26H2,1-11H3,(H,52,53)(H2,48,49,54);/q;+1/p-1/t27-,28-,29+,30-,31-,32-,33+,34-,35+,36+,37+,38+,40+,41-,44-,45+,46-,47-;/m0./s1. The molecule has 4 fully saturated rings. The number of carboxylic acids is 1. The van der Waals surface area contributed by atoms with Gasteiger partial charge in [-0.25, -0.2) is 4.79 Å². The van der Waals surface area contributed by atoms with Gasteiger partial charge in [0.2, 0.25) is 0 Å². The van der Waals surface area contributed by atoms with Crippen molar-refractivity contribution in [1.29, 1.82) is 0 Å². The van der Waals surface area contributed by atoms with Crippen molar-refractivity contribution in [3.63, 3.8) is 0 Å². The van der Waals surface area contributed by atoms with Crippen LogP contribution in [0.2, 0.25) is 0 Å².